The van der Waals surface area contributed by atoms with Crippen molar-refractivity contribution in [2.75, 3.05) is 6.61 Å². The Morgan fingerprint density at radius 1 is 0.781 bits per heavy atom. The van der Waals surface area contributed by atoms with Crippen LogP contribution in [0.15, 0.2) is 0 Å². The van der Waals surface area contributed by atoms with Crippen LogP contribution in [0.2, 0.25) is 0 Å². The first-order valence-corrected chi connectivity index (χ1v) is 11.6. The molecule has 2 saturated carbocycles. The fourth-order valence-electron chi connectivity index (χ4n) is 5.83. The summed E-state index contributed by atoms with van der Waals surface area (Å²) >= 11 is 0. The van der Waals surface area contributed by atoms with E-state index in [0.29, 0.717) is 32.1 Å². The van der Waals surface area contributed by atoms with Gasteiger partial charge in [0.25, 0.3) is 0 Å². The van der Waals surface area contributed by atoms with Gasteiger partial charge in [0.2, 0.25) is 0 Å². The molecule has 0 amide bonds. The van der Waals surface area contributed by atoms with Gasteiger partial charge >= 0.3 is 0 Å². The zero-order valence-corrected chi connectivity index (χ0v) is 17.9. The first-order valence-electron chi connectivity index (χ1n) is 11.6. The molecule has 2 aliphatic carbocycles. The Morgan fingerprint density at radius 3 is 2.22 bits per heavy atom. The molecule has 2 saturated heterocycles. The number of fused-ring (bicyclic) bond motifs is 1. The van der Waals surface area contributed by atoms with Crippen LogP contribution in [-0.2, 0) is 9.47 Å². The Labute approximate surface area is 186 Å². The Bertz CT molecular complexity index is 621. The van der Waals surface area contributed by atoms with Crippen LogP contribution in [0.4, 0.5) is 0 Å². The predicted molar refractivity (Wildman–Crippen MR) is 107 cm³/mol. The van der Waals surface area contributed by atoms with E-state index in [-0.39, 0.29) is 24.4 Å². The van der Waals surface area contributed by atoms with E-state index < -0.39 is 73.9 Å². The average molecular weight is 466 g/mol. The number of rotatable bonds is 4. The highest BCUT2D eigenvalue weighted by Crippen LogP contribution is 2.42. The molecule has 11 heteroatoms. The lowest BCUT2D eigenvalue weighted by Crippen LogP contribution is -2.65. The van der Waals surface area contributed by atoms with Crippen LogP contribution in [0.25, 0.3) is 0 Å². The molecular weight excluding hydrogens is 428 g/mol. The van der Waals surface area contributed by atoms with E-state index in [1.165, 1.54) is 0 Å². The Morgan fingerprint density at radius 2 is 1.53 bits per heavy atom. The summed E-state index contributed by atoms with van der Waals surface area (Å²) in [4.78, 5) is 0. The molecule has 0 aromatic heterocycles. The number of hydrogen-bond acceptors (Lipinski definition) is 10. The molecule has 2 aliphatic heterocycles. The fourth-order valence-corrected chi connectivity index (χ4v) is 5.83. The van der Waals surface area contributed by atoms with Crippen molar-refractivity contribution >= 4 is 0 Å². The molecule has 4 aliphatic rings. The summed E-state index contributed by atoms with van der Waals surface area (Å²) in [6.07, 6.45) is -9.66. The minimum Gasteiger partial charge on any atom is -0.427 e. The van der Waals surface area contributed by atoms with Gasteiger partial charge in [-0.3, -0.25) is 0 Å². The van der Waals surface area contributed by atoms with Crippen LogP contribution >= 0.6 is 0 Å². The average Bonchev–Trinajstić information content (AvgIpc) is 2.77. The van der Waals surface area contributed by atoms with Gasteiger partial charge in [-0.1, -0.05) is 0 Å². The van der Waals surface area contributed by atoms with E-state index in [2.05, 4.69) is 0 Å². The summed E-state index contributed by atoms with van der Waals surface area (Å²) in [5, 5.41) is 81.5. The van der Waals surface area contributed by atoms with Crippen LogP contribution in [0, 0.1) is 11.8 Å². The van der Waals surface area contributed by atoms with Crippen molar-refractivity contribution < 1.29 is 55.1 Å². The van der Waals surface area contributed by atoms with Gasteiger partial charge in [0.15, 0.2) is 24.6 Å². The van der Waals surface area contributed by atoms with Gasteiger partial charge in [0.05, 0.1) is 36.9 Å². The normalized spacial score (nSPS) is 54.8. The van der Waals surface area contributed by atoms with Crippen molar-refractivity contribution in [2.45, 2.75) is 112 Å². The molecule has 0 bridgehead atoms. The van der Waals surface area contributed by atoms with Gasteiger partial charge in [-0.2, -0.15) is 0 Å². The summed E-state index contributed by atoms with van der Waals surface area (Å²) in [6.45, 7) is -0.596. The molecule has 14 atom stereocenters. The maximum Gasteiger partial charge on any atom is 0.187 e. The predicted octanol–water partition coefficient (Wildman–Crippen LogP) is -3.51. The fraction of sp³-hybridized carbons (Fsp3) is 1.00. The van der Waals surface area contributed by atoms with Crippen molar-refractivity contribution in [1.82, 2.24) is 0 Å². The van der Waals surface area contributed by atoms with Crippen LogP contribution in [-0.4, -0.2) is 126 Å². The van der Waals surface area contributed by atoms with E-state index in [4.69, 9.17) is 14.2 Å². The second kappa shape index (κ2) is 10.0. The maximum atomic E-state index is 11.3. The highest BCUT2D eigenvalue weighted by atomic mass is 16.7. The summed E-state index contributed by atoms with van der Waals surface area (Å²) in [7, 11) is 0. The topological polar surface area (TPSA) is 193 Å². The van der Waals surface area contributed by atoms with Crippen LogP contribution in [0.3, 0.4) is 0 Å². The first kappa shape index (κ1) is 24.7. The van der Waals surface area contributed by atoms with Crippen LogP contribution < -0.4 is 0 Å². The van der Waals surface area contributed by atoms with Crippen molar-refractivity contribution in [3.8, 4) is 0 Å². The number of hydrogen-bond donors (Lipinski definition) is 8. The highest BCUT2D eigenvalue weighted by molar-refractivity contribution is 5.00. The van der Waals surface area contributed by atoms with Crippen LogP contribution in [0.1, 0.15) is 38.5 Å². The minimum atomic E-state index is -1.61. The largest absolute Gasteiger partial charge is 0.427 e. The molecule has 4 rings (SSSR count). The van der Waals surface area contributed by atoms with E-state index in [9.17, 15) is 40.9 Å². The Hall–Kier alpha value is -0.440. The quantitative estimate of drug-likeness (QED) is 0.193. The van der Waals surface area contributed by atoms with Gasteiger partial charge in [0, 0.05) is 12.3 Å². The van der Waals surface area contributed by atoms with Crippen LogP contribution in [0.5, 0.6) is 0 Å². The number of aliphatic hydroxyl groups is 10. The molecule has 9 unspecified atom stereocenters. The first-order chi connectivity index (χ1) is 15.2. The third kappa shape index (κ3) is 4.71. The molecule has 0 aromatic carbocycles. The molecule has 11 nitrogen and oxygen atoms in total. The van der Waals surface area contributed by atoms with Gasteiger partial charge in [-0.05, 0) is 32.1 Å². The lowest BCUT2D eigenvalue weighted by molar-refractivity contribution is -0.369. The Balaban J connectivity index is 1.56. The molecule has 186 valence electrons. The SMILES string of the molecule is OC[C@H]1O[C@@H](OC2C(O)C3CCC(O)CC3[OH+]C2C2CCC(O)C(O)C2)[C@H](O)[C@@H](O)[C@@H]1O. The van der Waals surface area contributed by atoms with Gasteiger partial charge in [0.1, 0.15) is 24.4 Å². The molecule has 2 heterocycles. The third-order valence-electron chi connectivity index (χ3n) is 7.76. The van der Waals surface area contributed by atoms with Crippen molar-refractivity contribution in [3.05, 3.63) is 0 Å². The standard InChI is InChI=1S/C21H36O11/c22-7-14-16(27)17(28)18(29)21(31-14)32-20-15(26)10-3-2-9(23)6-13(10)30-19(20)8-1-4-11(24)12(25)5-8/h8-29H,1-7H2/p+1/t8?,9?,10?,11?,12?,13?,14-,15?,16-,17+,18-,19?,20?,21+/m1/s1. The molecule has 0 aromatic rings. The third-order valence-corrected chi connectivity index (χ3v) is 7.76. The highest BCUT2D eigenvalue weighted by Gasteiger charge is 2.56. The Kier molecular flexibility index (Phi) is 7.75. The van der Waals surface area contributed by atoms with Crippen molar-refractivity contribution in [1.29, 1.82) is 0 Å². The molecule has 0 spiro atoms. The second-order valence-corrected chi connectivity index (χ2v) is 9.83. The second-order valence-electron chi connectivity index (χ2n) is 9.83. The van der Waals surface area contributed by atoms with Crippen molar-refractivity contribution in [3.63, 3.8) is 0 Å². The summed E-state index contributed by atoms with van der Waals surface area (Å²) < 4.78 is 16.4. The minimum absolute atomic E-state index is 0.210. The van der Waals surface area contributed by atoms with E-state index in [0.717, 1.165) is 0 Å². The molecule has 4 fully saturated rings. The van der Waals surface area contributed by atoms with Gasteiger partial charge in [-0.25, -0.2) is 0 Å². The van der Waals surface area contributed by atoms with Gasteiger partial charge in [-0.15, -0.1) is 0 Å². The molecule has 0 radical (unpaired) electrons. The smallest absolute Gasteiger partial charge is 0.187 e. The number of ether oxygens (including phenoxy) is 3. The lowest BCUT2D eigenvalue weighted by Gasteiger charge is -2.49. The summed E-state index contributed by atoms with van der Waals surface area (Å²) in [5.41, 5.74) is 0. The molecule has 32 heavy (non-hydrogen) atoms. The van der Waals surface area contributed by atoms with Gasteiger partial charge < -0.3 is 55.1 Å². The molecule has 9 N–H and O–H groups in total. The number of aliphatic hydroxyl groups excluding tert-OH is 8. The summed E-state index contributed by atoms with van der Waals surface area (Å²) in [6, 6.07) is 0. The maximum absolute atomic E-state index is 11.3. The zero-order valence-electron chi connectivity index (χ0n) is 17.9. The zero-order chi connectivity index (χ0) is 23.2. The van der Waals surface area contributed by atoms with E-state index in [1.807, 2.05) is 0 Å². The van der Waals surface area contributed by atoms with E-state index >= 15 is 0 Å². The summed E-state index contributed by atoms with van der Waals surface area (Å²) in [5.74, 6) is -0.471. The van der Waals surface area contributed by atoms with E-state index in [1.54, 1.807) is 0 Å². The van der Waals surface area contributed by atoms with Crippen molar-refractivity contribution in [2.24, 2.45) is 11.8 Å². The molecular formula is C21H37O11+. The monoisotopic (exact) mass is 465 g/mol. The lowest BCUT2D eigenvalue weighted by atomic mass is 9.72.